The number of nitrogens with zero attached hydrogens (tertiary/aromatic N) is 1. The van der Waals surface area contributed by atoms with E-state index in [0.29, 0.717) is 11.8 Å². The van der Waals surface area contributed by atoms with Gasteiger partial charge in [0.05, 0.1) is 0 Å². The van der Waals surface area contributed by atoms with Gasteiger partial charge in [0, 0.05) is 18.3 Å². The Morgan fingerprint density at radius 2 is 1.38 bits per heavy atom. The van der Waals surface area contributed by atoms with E-state index >= 15 is 0 Å². The Bertz CT molecular complexity index is 380. The van der Waals surface area contributed by atoms with Gasteiger partial charge in [0.1, 0.15) is 0 Å². The van der Waals surface area contributed by atoms with Crippen LogP contribution in [0, 0.1) is 5.92 Å². The van der Waals surface area contributed by atoms with E-state index in [-0.39, 0.29) is 0 Å². The number of hydrogen-bond donors (Lipinski definition) is 0. The number of aromatic nitrogens is 1. The molecular formula is C15H17N. The molecular weight excluding hydrogens is 194 g/mol. The van der Waals surface area contributed by atoms with Crippen molar-refractivity contribution in [3.05, 3.63) is 66.0 Å². The van der Waals surface area contributed by atoms with Crippen molar-refractivity contribution in [1.29, 1.82) is 0 Å². The zero-order valence-corrected chi connectivity index (χ0v) is 9.80. The molecule has 0 N–H and O–H groups in total. The van der Waals surface area contributed by atoms with Crippen LogP contribution < -0.4 is 0 Å². The molecule has 0 saturated heterocycles. The van der Waals surface area contributed by atoms with Crippen LogP contribution >= 0.6 is 0 Å². The maximum Gasteiger partial charge on any atom is 0.0270 e. The van der Waals surface area contributed by atoms with Crippen molar-refractivity contribution in [3.8, 4) is 0 Å². The summed E-state index contributed by atoms with van der Waals surface area (Å²) in [4.78, 5) is 4.08. The van der Waals surface area contributed by atoms with Crippen LogP contribution in [0.4, 0.5) is 0 Å². The third-order valence-electron chi connectivity index (χ3n) is 2.89. The Morgan fingerprint density at radius 1 is 0.812 bits per heavy atom. The molecule has 1 atom stereocenters. The van der Waals surface area contributed by atoms with Gasteiger partial charge >= 0.3 is 0 Å². The standard InChI is InChI=1S/C15H17N/c1-12(2)15(13-6-4-3-5-7-13)14-8-10-16-11-9-14/h3-12,15H,1-2H3/t15-/m0/s1. The Kier molecular flexibility index (Phi) is 3.35. The second kappa shape index (κ2) is 4.93. The summed E-state index contributed by atoms with van der Waals surface area (Å²) >= 11 is 0. The highest BCUT2D eigenvalue weighted by atomic mass is 14.6. The van der Waals surface area contributed by atoms with E-state index in [9.17, 15) is 0 Å². The SMILES string of the molecule is CC(C)[C@@H](c1ccccc1)c1ccncc1. The molecule has 82 valence electrons. The van der Waals surface area contributed by atoms with E-state index in [1.807, 2.05) is 12.4 Å². The van der Waals surface area contributed by atoms with Gasteiger partial charge in [-0.25, -0.2) is 0 Å². The Balaban J connectivity index is 2.40. The molecule has 1 aromatic heterocycles. The normalized spacial score (nSPS) is 12.7. The monoisotopic (exact) mass is 211 g/mol. The number of pyridine rings is 1. The molecule has 1 nitrogen and oxygen atoms in total. The van der Waals surface area contributed by atoms with Gasteiger partial charge < -0.3 is 0 Å². The summed E-state index contributed by atoms with van der Waals surface area (Å²) in [5, 5.41) is 0. The molecule has 0 bridgehead atoms. The van der Waals surface area contributed by atoms with Crippen LogP contribution in [0.25, 0.3) is 0 Å². The van der Waals surface area contributed by atoms with Gasteiger partial charge in [0.25, 0.3) is 0 Å². The highest BCUT2D eigenvalue weighted by Crippen LogP contribution is 2.30. The van der Waals surface area contributed by atoms with Gasteiger partial charge in [-0.1, -0.05) is 44.2 Å². The molecule has 0 fully saturated rings. The fraction of sp³-hybridized carbons (Fsp3) is 0.267. The molecule has 0 amide bonds. The lowest BCUT2D eigenvalue weighted by Gasteiger charge is -2.21. The molecule has 0 aliphatic heterocycles. The van der Waals surface area contributed by atoms with Crippen LogP contribution in [0.1, 0.15) is 30.9 Å². The topological polar surface area (TPSA) is 12.9 Å². The fourth-order valence-electron chi connectivity index (χ4n) is 2.19. The fourth-order valence-corrected chi connectivity index (χ4v) is 2.19. The van der Waals surface area contributed by atoms with Crippen molar-refractivity contribution < 1.29 is 0 Å². The van der Waals surface area contributed by atoms with Gasteiger partial charge in [-0.15, -0.1) is 0 Å². The minimum absolute atomic E-state index is 0.462. The molecule has 1 heterocycles. The highest BCUT2D eigenvalue weighted by Gasteiger charge is 2.17. The van der Waals surface area contributed by atoms with Crippen LogP contribution in [0.3, 0.4) is 0 Å². The van der Waals surface area contributed by atoms with Crippen molar-refractivity contribution >= 4 is 0 Å². The third kappa shape index (κ3) is 2.30. The maximum atomic E-state index is 4.08. The van der Waals surface area contributed by atoms with Gasteiger partial charge in [0.15, 0.2) is 0 Å². The largest absolute Gasteiger partial charge is 0.265 e. The average Bonchev–Trinajstić information content (AvgIpc) is 2.31. The van der Waals surface area contributed by atoms with Gasteiger partial charge in [-0.3, -0.25) is 4.98 Å². The molecule has 2 rings (SSSR count). The molecule has 0 radical (unpaired) electrons. The summed E-state index contributed by atoms with van der Waals surface area (Å²) in [6.07, 6.45) is 3.74. The van der Waals surface area contributed by atoms with Crippen molar-refractivity contribution in [1.82, 2.24) is 4.98 Å². The Morgan fingerprint density at radius 3 is 1.94 bits per heavy atom. The summed E-state index contributed by atoms with van der Waals surface area (Å²) in [6, 6.07) is 14.9. The Labute approximate surface area is 97.2 Å². The first-order valence-corrected chi connectivity index (χ1v) is 5.74. The third-order valence-corrected chi connectivity index (χ3v) is 2.89. The summed E-state index contributed by atoms with van der Waals surface area (Å²) in [7, 11) is 0. The molecule has 1 heteroatoms. The minimum Gasteiger partial charge on any atom is -0.265 e. The summed E-state index contributed by atoms with van der Waals surface area (Å²) < 4.78 is 0. The smallest absolute Gasteiger partial charge is 0.0270 e. The number of rotatable bonds is 3. The second-order valence-corrected chi connectivity index (χ2v) is 4.41. The minimum atomic E-state index is 0.462. The van der Waals surface area contributed by atoms with Crippen molar-refractivity contribution in [3.63, 3.8) is 0 Å². The van der Waals surface area contributed by atoms with E-state index in [1.54, 1.807) is 0 Å². The first-order chi connectivity index (χ1) is 7.79. The predicted octanol–water partition coefficient (Wildman–Crippen LogP) is 3.87. The molecule has 2 aromatic rings. The van der Waals surface area contributed by atoms with E-state index in [0.717, 1.165) is 0 Å². The van der Waals surface area contributed by atoms with Gasteiger partial charge in [0.2, 0.25) is 0 Å². The summed E-state index contributed by atoms with van der Waals surface area (Å²) in [5.41, 5.74) is 2.72. The first kappa shape index (κ1) is 10.9. The lowest BCUT2D eigenvalue weighted by atomic mass is 9.83. The summed E-state index contributed by atoms with van der Waals surface area (Å²) in [5.74, 6) is 1.05. The lowest BCUT2D eigenvalue weighted by molar-refractivity contribution is 0.563. The second-order valence-electron chi connectivity index (χ2n) is 4.41. The maximum absolute atomic E-state index is 4.08. The van der Waals surface area contributed by atoms with Crippen LogP contribution in [-0.2, 0) is 0 Å². The zero-order chi connectivity index (χ0) is 11.4. The summed E-state index contributed by atoms with van der Waals surface area (Å²) in [6.45, 7) is 4.52. The average molecular weight is 211 g/mol. The van der Waals surface area contributed by atoms with Gasteiger partial charge in [-0.05, 0) is 29.2 Å². The van der Waals surface area contributed by atoms with Crippen molar-refractivity contribution in [2.45, 2.75) is 19.8 Å². The molecule has 0 aliphatic rings. The lowest BCUT2D eigenvalue weighted by Crippen LogP contribution is -2.08. The first-order valence-electron chi connectivity index (χ1n) is 5.74. The number of hydrogen-bond acceptors (Lipinski definition) is 1. The predicted molar refractivity (Wildman–Crippen MR) is 67.4 cm³/mol. The quantitative estimate of drug-likeness (QED) is 0.751. The molecule has 0 spiro atoms. The number of benzene rings is 1. The molecule has 1 aromatic carbocycles. The van der Waals surface area contributed by atoms with Crippen LogP contribution in [-0.4, -0.2) is 4.98 Å². The zero-order valence-electron chi connectivity index (χ0n) is 9.80. The van der Waals surface area contributed by atoms with Crippen LogP contribution in [0.5, 0.6) is 0 Å². The van der Waals surface area contributed by atoms with E-state index in [4.69, 9.17) is 0 Å². The van der Waals surface area contributed by atoms with Gasteiger partial charge in [-0.2, -0.15) is 0 Å². The molecule has 16 heavy (non-hydrogen) atoms. The highest BCUT2D eigenvalue weighted by molar-refractivity contribution is 5.31. The molecule has 0 saturated carbocycles. The van der Waals surface area contributed by atoms with E-state index < -0.39 is 0 Å². The van der Waals surface area contributed by atoms with Crippen molar-refractivity contribution in [2.24, 2.45) is 5.92 Å². The molecule has 0 unspecified atom stereocenters. The van der Waals surface area contributed by atoms with Crippen LogP contribution in [0.2, 0.25) is 0 Å². The van der Waals surface area contributed by atoms with E-state index in [2.05, 4.69) is 61.3 Å². The van der Waals surface area contributed by atoms with Crippen LogP contribution in [0.15, 0.2) is 54.9 Å². The Hall–Kier alpha value is -1.63. The van der Waals surface area contributed by atoms with Crippen molar-refractivity contribution in [2.75, 3.05) is 0 Å². The van der Waals surface area contributed by atoms with E-state index in [1.165, 1.54) is 11.1 Å². The molecule has 0 aliphatic carbocycles.